The van der Waals surface area contributed by atoms with E-state index in [2.05, 4.69) is 30.7 Å². The minimum absolute atomic E-state index is 0.975. The monoisotopic (exact) mass is 169 g/mol. The zero-order valence-corrected chi connectivity index (χ0v) is 7.37. The lowest BCUT2D eigenvalue weighted by Crippen LogP contribution is -1.83. The fourth-order valence-electron chi connectivity index (χ4n) is 1.79. The highest BCUT2D eigenvalue weighted by Gasteiger charge is 2.22. The van der Waals surface area contributed by atoms with Crippen molar-refractivity contribution in [2.75, 3.05) is 7.11 Å². The smallest absolute Gasteiger partial charge is 0.126 e. The van der Waals surface area contributed by atoms with Gasteiger partial charge in [-0.05, 0) is 22.6 Å². The molecular weight excluding hydrogens is 160 g/mol. The Kier molecular flexibility index (Phi) is 1.21. The van der Waals surface area contributed by atoms with Crippen LogP contribution in [-0.2, 0) is 0 Å². The maximum absolute atomic E-state index is 5.32. The Morgan fingerprint density at radius 2 is 1.85 bits per heavy atom. The predicted octanol–water partition coefficient (Wildman–Crippen LogP) is 2.76. The number of methoxy groups -OCH3 is 1. The predicted molar refractivity (Wildman–Crippen MR) is 53.0 cm³/mol. The van der Waals surface area contributed by atoms with Crippen LogP contribution in [0.2, 0.25) is 0 Å². The van der Waals surface area contributed by atoms with Gasteiger partial charge in [-0.25, -0.2) is 0 Å². The summed E-state index contributed by atoms with van der Waals surface area (Å²) in [7, 11) is 1.72. The Labute approximate surface area is 77.0 Å². The Balaban J connectivity index is 2.46. The van der Waals surface area contributed by atoms with Gasteiger partial charge < -0.3 is 4.74 Å². The topological polar surface area (TPSA) is 9.23 Å². The van der Waals surface area contributed by atoms with E-state index in [0.717, 1.165) is 5.75 Å². The van der Waals surface area contributed by atoms with Crippen molar-refractivity contribution in [2.24, 2.45) is 0 Å². The average molecular weight is 169 g/mol. The fourth-order valence-corrected chi connectivity index (χ4v) is 1.79. The summed E-state index contributed by atoms with van der Waals surface area (Å²) < 4.78 is 5.32. The van der Waals surface area contributed by atoms with E-state index in [-0.39, 0.29) is 0 Å². The summed E-state index contributed by atoms with van der Waals surface area (Å²) in [5.41, 5.74) is 2.69. The van der Waals surface area contributed by atoms with Crippen LogP contribution in [0.4, 0.5) is 0 Å². The molecule has 2 aromatic rings. The van der Waals surface area contributed by atoms with Crippen LogP contribution in [0.25, 0.3) is 10.8 Å². The van der Waals surface area contributed by atoms with Gasteiger partial charge in [0.15, 0.2) is 0 Å². The van der Waals surface area contributed by atoms with Crippen molar-refractivity contribution in [3.05, 3.63) is 47.9 Å². The van der Waals surface area contributed by atoms with Gasteiger partial charge in [-0.2, -0.15) is 0 Å². The molecule has 63 valence electrons. The molecule has 0 heterocycles. The van der Waals surface area contributed by atoms with E-state index in [1.165, 1.54) is 21.9 Å². The van der Waals surface area contributed by atoms with Gasteiger partial charge >= 0.3 is 0 Å². The van der Waals surface area contributed by atoms with Crippen LogP contribution in [0.3, 0.4) is 0 Å². The second kappa shape index (κ2) is 2.25. The summed E-state index contributed by atoms with van der Waals surface area (Å²) in [6, 6.07) is 10.4. The highest BCUT2D eigenvalue weighted by Crippen LogP contribution is 2.42. The zero-order chi connectivity index (χ0) is 8.84. The zero-order valence-electron chi connectivity index (χ0n) is 7.37. The molecule has 0 fully saturated rings. The van der Waals surface area contributed by atoms with Crippen molar-refractivity contribution in [3.63, 3.8) is 0 Å². The van der Waals surface area contributed by atoms with Gasteiger partial charge in [0.05, 0.1) is 7.11 Å². The number of benzene rings is 2. The molecule has 1 aliphatic carbocycles. The maximum Gasteiger partial charge on any atom is 0.126 e. The van der Waals surface area contributed by atoms with Gasteiger partial charge in [-0.3, -0.25) is 0 Å². The van der Waals surface area contributed by atoms with Crippen molar-refractivity contribution in [2.45, 2.75) is 0 Å². The Bertz CT molecular complexity index is 486. The van der Waals surface area contributed by atoms with Crippen molar-refractivity contribution in [1.29, 1.82) is 0 Å². The molecule has 0 saturated carbocycles. The molecule has 0 unspecified atom stereocenters. The summed E-state index contributed by atoms with van der Waals surface area (Å²) in [5.74, 6) is 0.975. The third kappa shape index (κ3) is 0.872. The van der Waals surface area contributed by atoms with Crippen LogP contribution in [0.5, 0.6) is 5.75 Å². The second-order valence-electron chi connectivity index (χ2n) is 3.27. The van der Waals surface area contributed by atoms with Crippen LogP contribution in [0, 0.1) is 6.42 Å². The molecule has 0 saturated heterocycles. The average Bonchev–Trinajstić information content (AvgIpc) is 2.95. The van der Waals surface area contributed by atoms with E-state index in [1.807, 2.05) is 6.07 Å². The second-order valence-corrected chi connectivity index (χ2v) is 3.27. The molecule has 0 N–H and O–H groups in total. The lowest BCUT2D eigenvalue weighted by molar-refractivity contribution is 0.420. The summed E-state index contributed by atoms with van der Waals surface area (Å²) >= 11 is 0. The van der Waals surface area contributed by atoms with Gasteiger partial charge in [-0.15, -0.1) is 0 Å². The molecule has 0 amide bonds. The minimum Gasteiger partial charge on any atom is -0.496 e. The van der Waals surface area contributed by atoms with Gasteiger partial charge in [0.25, 0.3) is 0 Å². The molecule has 1 radical (unpaired) electrons. The summed E-state index contributed by atoms with van der Waals surface area (Å²) in [4.78, 5) is 0. The molecule has 13 heavy (non-hydrogen) atoms. The number of rotatable bonds is 1. The Morgan fingerprint density at radius 1 is 1.08 bits per heavy atom. The molecule has 0 aliphatic heterocycles. The molecule has 0 aromatic heterocycles. The fraction of sp³-hybridized carbons (Fsp3) is 0.0833. The van der Waals surface area contributed by atoms with E-state index in [0.29, 0.717) is 0 Å². The third-order valence-corrected chi connectivity index (χ3v) is 2.52. The Hall–Kier alpha value is -1.50. The largest absolute Gasteiger partial charge is 0.496 e. The highest BCUT2D eigenvalue weighted by molar-refractivity contribution is 5.98. The SMILES string of the molecule is COc1cc2c(c3ccccc13)[CH]2. The van der Waals surface area contributed by atoms with Crippen LogP contribution in [-0.4, -0.2) is 7.11 Å². The van der Waals surface area contributed by atoms with Crippen molar-refractivity contribution < 1.29 is 4.74 Å². The molecule has 3 rings (SSSR count). The summed E-state index contributed by atoms with van der Waals surface area (Å²) in [5, 5.41) is 2.51. The number of hydrogen-bond acceptors (Lipinski definition) is 1. The van der Waals surface area contributed by atoms with E-state index in [9.17, 15) is 0 Å². The Morgan fingerprint density at radius 3 is 2.62 bits per heavy atom. The van der Waals surface area contributed by atoms with E-state index in [1.54, 1.807) is 7.11 Å². The first kappa shape index (κ1) is 6.96. The lowest BCUT2D eigenvalue weighted by atomic mass is 10.1. The third-order valence-electron chi connectivity index (χ3n) is 2.52. The van der Waals surface area contributed by atoms with Gasteiger partial charge in [0.1, 0.15) is 5.75 Å². The molecule has 0 bridgehead atoms. The van der Waals surface area contributed by atoms with E-state index in [4.69, 9.17) is 4.74 Å². The molecule has 0 atom stereocenters. The van der Waals surface area contributed by atoms with Crippen LogP contribution in [0.1, 0.15) is 11.1 Å². The summed E-state index contributed by atoms with van der Waals surface area (Å²) in [6.45, 7) is 0. The first-order valence-electron chi connectivity index (χ1n) is 4.34. The maximum atomic E-state index is 5.32. The first-order valence-corrected chi connectivity index (χ1v) is 4.34. The molecule has 2 aromatic carbocycles. The number of fused-ring (bicyclic) bond motifs is 3. The van der Waals surface area contributed by atoms with Crippen LogP contribution < -0.4 is 4.74 Å². The van der Waals surface area contributed by atoms with Gasteiger partial charge in [0, 0.05) is 11.8 Å². The number of ether oxygens (including phenoxy) is 1. The highest BCUT2D eigenvalue weighted by atomic mass is 16.5. The minimum atomic E-state index is 0.975. The van der Waals surface area contributed by atoms with Crippen molar-refractivity contribution in [1.82, 2.24) is 0 Å². The quantitative estimate of drug-likeness (QED) is 0.544. The van der Waals surface area contributed by atoms with Gasteiger partial charge in [-0.1, -0.05) is 24.3 Å². The molecule has 1 heteroatoms. The standard InChI is InChI=1S/C12H9O/c1-13-12-7-8-6-11(8)9-4-2-3-5-10(9)12/h2-7H,1H3. The molecular formula is C12H9O. The van der Waals surface area contributed by atoms with E-state index < -0.39 is 0 Å². The van der Waals surface area contributed by atoms with E-state index >= 15 is 0 Å². The van der Waals surface area contributed by atoms with Gasteiger partial charge in [0.2, 0.25) is 0 Å². The molecule has 1 aliphatic rings. The van der Waals surface area contributed by atoms with Crippen molar-refractivity contribution >= 4 is 10.8 Å². The first-order chi connectivity index (χ1) is 6.40. The normalized spacial score (nSPS) is 12.7. The summed E-state index contributed by atoms with van der Waals surface area (Å²) in [6.07, 6.45) is 2.19. The molecule has 1 nitrogen and oxygen atoms in total. The lowest BCUT2D eigenvalue weighted by Gasteiger charge is -2.03. The van der Waals surface area contributed by atoms with Crippen LogP contribution in [0.15, 0.2) is 30.3 Å². The molecule has 0 spiro atoms. The number of hydrogen-bond donors (Lipinski definition) is 0. The van der Waals surface area contributed by atoms with Crippen LogP contribution >= 0.6 is 0 Å². The van der Waals surface area contributed by atoms with Crippen molar-refractivity contribution in [3.8, 4) is 5.75 Å².